The Morgan fingerprint density at radius 1 is 1.34 bits per heavy atom. The van der Waals surface area contributed by atoms with Gasteiger partial charge in [-0.3, -0.25) is 9.69 Å². The second-order valence-corrected chi connectivity index (χ2v) is 7.64. The van der Waals surface area contributed by atoms with Crippen LogP contribution in [0.1, 0.15) is 11.1 Å². The molecule has 0 radical (unpaired) electrons. The fourth-order valence-electron chi connectivity index (χ4n) is 2.73. The Labute approximate surface area is 181 Å². The molecule has 0 unspecified atom stereocenters. The maximum atomic E-state index is 13.7. The SMILES string of the molecule is O=C(CN1CCOCC1)NN=Cc1cc(Cl)c(OCc2ccccc2F)c(Br)c1. The molecule has 154 valence electrons. The van der Waals surface area contributed by atoms with Crippen molar-refractivity contribution in [2.24, 2.45) is 5.10 Å². The lowest BCUT2D eigenvalue weighted by molar-refractivity contribution is -0.123. The highest BCUT2D eigenvalue weighted by Crippen LogP contribution is 2.34. The number of hydrazone groups is 1. The summed E-state index contributed by atoms with van der Waals surface area (Å²) in [5, 5.41) is 4.32. The number of rotatable bonds is 7. The van der Waals surface area contributed by atoms with E-state index in [1.807, 2.05) is 4.90 Å². The summed E-state index contributed by atoms with van der Waals surface area (Å²) in [7, 11) is 0. The smallest absolute Gasteiger partial charge is 0.254 e. The number of nitrogens with one attached hydrogen (secondary N) is 1. The van der Waals surface area contributed by atoms with Crippen molar-refractivity contribution in [3.8, 4) is 5.75 Å². The molecule has 6 nitrogen and oxygen atoms in total. The second kappa shape index (κ2) is 10.7. The fraction of sp³-hybridized carbons (Fsp3) is 0.300. The van der Waals surface area contributed by atoms with Gasteiger partial charge in [-0.25, -0.2) is 9.82 Å². The van der Waals surface area contributed by atoms with Gasteiger partial charge in [0.15, 0.2) is 5.75 Å². The first kappa shape index (κ1) is 21.7. The third-order valence-corrected chi connectivity index (χ3v) is 5.09. The summed E-state index contributed by atoms with van der Waals surface area (Å²) >= 11 is 9.70. The number of nitrogens with zero attached hydrogens (tertiary/aromatic N) is 2. The predicted molar refractivity (Wildman–Crippen MR) is 113 cm³/mol. The zero-order valence-electron chi connectivity index (χ0n) is 15.5. The molecule has 2 aromatic rings. The van der Waals surface area contributed by atoms with E-state index in [0.717, 1.165) is 13.1 Å². The number of carbonyl (C=O) groups excluding carboxylic acids is 1. The van der Waals surface area contributed by atoms with Gasteiger partial charge in [0.25, 0.3) is 5.91 Å². The highest BCUT2D eigenvalue weighted by molar-refractivity contribution is 9.10. The van der Waals surface area contributed by atoms with Crippen molar-refractivity contribution in [3.63, 3.8) is 0 Å². The molecule has 2 aromatic carbocycles. The van der Waals surface area contributed by atoms with E-state index < -0.39 is 0 Å². The van der Waals surface area contributed by atoms with E-state index in [-0.39, 0.29) is 24.9 Å². The van der Waals surface area contributed by atoms with Gasteiger partial charge >= 0.3 is 0 Å². The third-order valence-electron chi connectivity index (χ3n) is 4.22. The Kier molecular flexibility index (Phi) is 8.00. The molecule has 1 N–H and O–H groups in total. The normalized spacial score (nSPS) is 14.9. The summed E-state index contributed by atoms with van der Waals surface area (Å²) in [6.45, 7) is 3.05. The van der Waals surface area contributed by atoms with Crippen LogP contribution in [0.15, 0.2) is 46.0 Å². The molecule has 0 atom stereocenters. The molecular weight excluding hydrogens is 465 g/mol. The number of hydrogen-bond donors (Lipinski definition) is 1. The molecule has 0 spiro atoms. The topological polar surface area (TPSA) is 63.2 Å². The lowest BCUT2D eigenvalue weighted by Gasteiger charge is -2.25. The van der Waals surface area contributed by atoms with Crippen molar-refractivity contribution in [2.75, 3.05) is 32.8 Å². The predicted octanol–water partition coefficient (Wildman–Crippen LogP) is 3.60. The minimum atomic E-state index is -0.337. The summed E-state index contributed by atoms with van der Waals surface area (Å²) in [5.41, 5.74) is 3.61. The van der Waals surface area contributed by atoms with Gasteiger partial charge < -0.3 is 9.47 Å². The van der Waals surface area contributed by atoms with E-state index in [2.05, 4.69) is 26.5 Å². The Hall–Kier alpha value is -2.00. The average Bonchev–Trinajstić information content (AvgIpc) is 2.69. The van der Waals surface area contributed by atoms with Gasteiger partial charge in [0, 0.05) is 18.7 Å². The summed E-state index contributed by atoms with van der Waals surface area (Å²) in [5.74, 6) is -0.127. The van der Waals surface area contributed by atoms with Crippen LogP contribution in [0.3, 0.4) is 0 Å². The van der Waals surface area contributed by atoms with Gasteiger partial charge in [0.05, 0.1) is 35.5 Å². The minimum absolute atomic E-state index is 0.0516. The molecule has 0 aromatic heterocycles. The van der Waals surface area contributed by atoms with Crippen molar-refractivity contribution in [2.45, 2.75) is 6.61 Å². The number of carbonyl (C=O) groups is 1. The monoisotopic (exact) mass is 483 g/mol. The van der Waals surface area contributed by atoms with Gasteiger partial charge in [0.2, 0.25) is 0 Å². The van der Waals surface area contributed by atoms with Gasteiger partial charge in [0.1, 0.15) is 12.4 Å². The maximum Gasteiger partial charge on any atom is 0.254 e. The van der Waals surface area contributed by atoms with Crippen molar-refractivity contribution in [1.29, 1.82) is 0 Å². The first-order valence-electron chi connectivity index (χ1n) is 9.00. The van der Waals surface area contributed by atoms with Gasteiger partial charge in [-0.1, -0.05) is 29.8 Å². The van der Waals surface area contributed by atoms with Crippen LogP contribution in [-0.4, -0.2) is 49.9 Å². The molecule has 1 saturated heterocycles. The summed E-state index contributed by atoms with van der Waals surface area (Å²) < 4.78 is 25.2. The molecule has 1 aliphatic heterocycles. The van der Waals surface area contributed by atoms with E-state index in [0.29, 0.717) is 39.6 Å². The lowest BCUT2D eigenvalue weighted by atomic mass is 10.2. The molecule has 29 heavy (non-hydrogen) atoms. The first-order chi connectivity index (χ1) is 14.0. The Bertz CT molecular complexity index is 868. The number of hydrogen-bond acceptors (Lipinski definition) is 5. The molecular formula is C20H20BrClFN3O3. The maximum absolute atomic E-state index is 13.7. The number of amides is 1. The van der Waals surface area contributed by atoms with E-state index in [4.69, 9.17) is 21.1 Å². The number of morpholine rings is 1. The average molecular weight is 485 g/mol. The zero-order valence-corrected chi connectivity index (χ0v) is 17.9. The van der Waals surface area contributed by atoms with Crippen LogP contribution in [0, 0.1) is 5.82 Å². The van der Waals surface area contributed by atoms with Crippen LogP contribution in [-0.2, 0) is 16.1 Å². The van der Waals surface area contributed by atoms with Gasteiger partial charge in [-0.2, -0.15) is 5.10 Å². The van der Waals surface area contributed by atoms with Crippen LogP contribution in [0.4, 0.5) is 4.39 Å². The first-order valence-corrected chi connectivity index (χ1v) is 10.2. The van der Waals surface area contributed by atoms with Crippen molar-refractivity contribution in [3.05, 3.63) is 62.8 Å². The van der Waals surface area contributed by atoms with Crippen LogP contribution < -0.4 is 10.2 Å². The largest absolute Gasteiger partial charge is 0.486 e. The number of ether oxygens (including phenoxy) is 2. The van der Waals surface area contributed by atoms with Crippen LogP contribution in [0.5, 0.6) is 5.75 Å². The molecule has 1 heterocycles. The van der Waals surface area contributed by atoms with Crippen molar-refractivity contribution in [1.82, 2.24) is 10.3 Å². The Morgan fingerprint density at radius 2 is 2.10 bits per heavy atom. The molecule has 0 saturated carbocycles. The van der Waals surface area contributed by atoms with Crippen LogP contribution >= 0.6 is 27.5 Å². The number of benzene rings is 2. The molecule has 9 heteroatoms. The highest BCUT2D eigenvalue weighted by atomic mass is 79.9. The minimum Gasteiger partial charge on any atom is -0.486 e. The third kappa shape index (κ3) is 6.50. The highest BCUT2D eigenvalue weighted by Gasteiger charge is 2.14. The molecule has 1 fully saturated rings. The van der Waals surface area contributed by atoms with Crippen molar-refractivity contribution < 1.29 is 18.7 Å². The lowest BCUT2D eigenvalue weighted by Crippen LogP contribution is -2.42. The number of halogens is 3. The Morgan fingerprint density at radius 3 is 2.83 bits per heavy atom. The molecule has 0 bridgehead atoms. The van der Waals surface area contributed by atoms with E-state index in [9.17, 15) is 9.18 Å². The van der Waals surface area contributed by atoms with Crippen LogP contribution in [0.25, 0.3) is 0 Å². The van der Waals surface area contributed by atoms with Gasteiger partial charge in [-0.05, 0) is 39.7 Å². The summed E-state index contributed by atoms with van der Waals surface area (Å²) in [4.78, 5) is 13.9. The zero-order chi connectivity index (χ0) is 20.6. The molecule has 1 aliphatic rings. The fourth-order valence-corrected chi connectivity index (χ4v) is 3.72. The van der Waals surface area contributed by atoms with Crippen LogP contribution in [0.2, 0.25) is 5.02 Å². The quantitative estimate of drug-likeness (QED) is 0.482. The molecule has 0 aliphatic carbocycles. The summed E-state index contributed by atoms with van der Waals surface area (Å²) in [6.07, 6.45) is 1.49. The van der Waals surface area contributed by atoms with Crippen molar-refractivity contribution >= 4 is 39.7 Å². The Balaban J connectivity index is 1.56. The summed E-state index contributed by atoms with van der Waals surface area (Å²) in [6, 6.07) is 9.79. The second-order valence-electron chi connectivity index (χ2n) is 6.38. The standard InChI is InChI=1S/C20H20BrClFN3O3/c21-16-9-14(11-24-25-19(27)12-26-5-7-28-8-6-26)10-17(22)20(16)29-13-15-3-1-2-4-18(15)23/h1-4,9-11H,5-8,12-13H2,(H,25,27). The molecule has 3 rings (SSSR count). The van der Waals surface area contributed by atoms with Gasteiger partial charge in [-0.15, -0.1) is 0 Å². The van der Waals surface area contributed by atoms with E-state index in [1.165, 1.54) is 12.3 Å². The van der Waals surface area contributed by atoms with E-state index >= 15 is 0 Å². The van der Waals surface area contributed by atoms with E-state index in [1.54, 1.807) is 30.3 Å². The molecule has 1 amide bonds.